The molecule has 5 rings (SSSR count). The molecule has 3 heterocycles. The predicted octanol–water partition coefficient (Wildman–Crippen LogP) is 2.95. The Morgan fingerprint density at radius 1 is 1.16 bits per heavy atom. The van der Waals surface area contributed by atoms with Crippen molar-refractivity contribution in [3.8, 4) is 5.75 Å². The summed E-state index contributed by atoms with van der Waals surface area (Å²) in [5.74, 6) is 0.713. The molecule has 160 valence electrons. The van der Waals surface area contributed by atoms with Gasteiger partial charge in [-0.25, -0.2) is 0 Å². The first kappa shape index (κ1) is 19.6. The third-order valence-corrected chi connectivity index (χ3v) is 6.50. The fraction of sp³-hybridized carbons (Fsp3) is 0.333. The second kappa shape index (κ2) is 7.42. The molecule has 7 heteroatoms. The summed E-state index contributed by atoms with van der Waals surface area (Å²) in [5.41, 5.74) is 2.65. The highest BCUT2D eigenvalue weighted by Crippen LogP contribution is 2.47. The number of H-pyrrole nitrogens is 1. The van der Waals surface area contributed by atoms with Crippen molar-refractivity contribution in [1.82, 2.24) is 9.88 Å². The zero-order valence-electron chi connectivity index (χ0n) is 17.7. The van der Waals surface area contributed by atoms with E-state index in [2.05, 4.69) is 4.98 Å². The number of hydrogen-bond acceptors (Lipinski definition) is 4. The normalized spacial score (nSPS) is 20.1. The number of nitrogens with one attached hydrogen (secondary N) is 1. The molecule has 31 heavy (non-hydrogen) atoms. The van der Waals surface area contributed by atoms with Gasteiger partial charge in [0, 0.05) is 43.3 Å². The van der Waals surface area contributed by atoms with Gasteiger partial charge in [0.25, 0.3) is 5.91 Å². The molecule has 1 spiro atoms. The number of ether oxygens (including phenoxy) is 2. The van der Waals surface area contributed by atoms with Crippen LogP contribution in [0, 0.1) is 0 Å². The Morgan fingerprint density at radius 2 is 2.00 bits per heavy atom. The Hall–Kier alpha value is -3.32. The third kappa shape index (κ3) is 2.99. The number of benzene rings is 2. The number of methoxy groups -OCH3 is 2. The van der Waals surface area contributed by atoms with Gasteiger partial charge in [-0.05, 0) is 42.3 Å². The highest BCUT2D eigenvalue weighted by molar-refractivity contribution is 6.09. The van der Waals surface area contributed by atoms with E-state index in [0.717, 1.165) is 27.9 Å². The molecule has 0 saturated carbocycles. The van der Waals surface area contributed by atoms with Crippen LogP contribution in [0.1, 0.15) is 22.5 Å². The molecule has 0 radical (unpaired) electrons. The van der Waals surface area contributed by atoms with E-state index in [1.165, 1.54) is 0 Å². The first-order chi connectivity index (χ1) is 15.1. The van der Waals surface area contributed by atoms with Crippen LogP contribution < -0.4 is 9.64 Å². The second-order valence-corrected chi connectivity index (χ2v) is 8.16. The summed E-state index contributed by atoms with van der Waals surface area (Å²) in [5, 5.41) is 0.921. The summed E-state index contributed by atoms with van der Waals surface area (Å²) < 4.78 is 10.5. The van der Waals surface area contributed by atoms with E-state index in [-0.39, 0.29) is 11.8 Å². The summed E-state index contributed by atoms with van der Waals surface area (Å²) in [6, 6.07) is 15.4. The minimum Gasteiger partial charge on any atom is -0.497 e. The van der Waals surface area contributed by atoms with Crippen LogP contribution in [0.3, 0.4) is 0 Å². The first-order valence-corrected chi connectivity index (χ1v) is 10.4. The third-order valence-electron chi connectivity index (χ3n) is 6.50. The summed E-state index contributed by atoms with van der Waals surface area (Å²) in [7, 11) is 3.25. The number of nitrogens with zero attached hydrogens (tertiary/aromatic N) is 2. The zero-order valence-corrected chi connectivity index (χ0v) is 17.7. The second-order valence-electron chi connectivity index (χ2n) is 8.16. The number of para-hydroxylation sites is 1. The Labute approximate surface area is 180 Å². The molecular weight excluding hydrogens is 394 g/mol. The molecule has 3 aromatic rings. The summed E-state index contributed by atoms with van der Waals surface area (Å²) in [6.07, 6.45) is 0.617. The summed E-state index contributed by atoms with van der Waals surface area (Å²) in [4.78, 5) is 33.6. The monoisotopic (exact) mass is 419 g/mol. The lowest BCUT2D eigenvalue weighted by atomic mass is 9.81. The molecule has 1 atom stereocenters. The zero-order chi connectivity index (χ0) is 21.6. The van der Waals surface area contributed by atoms with Crippen molar-refractivity contribution in [3.05, 3.63) is 59.8 Å². The van der Waals surface area contributed by atoms with Crippen molar-refractivity contribution in [2.75, 3.05) is 45.4 Å². The van der Waals surface area contributed by atoms with Crippen molar-refractivity contribution in [2.24, 2.45) is 0 Å². The average Bonchev–Trinajstić information content (AvgIpc) is 3.48. The maximum Gasteiger partial charge on any atom is 0.270 e. The van der Waals surface area contributed by atoms with Gasteiger partial charge in [-0.3, -0.25) is 9.59 Å². The molecule has 1 N–H and O–H groups in total. The van der Waals surface area contributed by atoms with Gasteiger partial charge in [0.1, 0.15) is 11.4 Å². The van der Waals surface area contributed by atoms with Crippen LogP contribution in [0.15, 0.2) is 48.5 Å². The highest BCUT2D eigenvalue weighted by Gasteiger charge is 2.55. The van der Waals surface area contributed by atoms with Crippen LogP contribution >= 0.6 is 0 Å². The van der Waals surface area contributed by atoms with Gasteiger partial charge in [-0.1, -0.05) is 18.2 Å². The van der Waals surface area contributed by atoms with Crippen molar-refractivity contribution < 1.29 is 19.1 Å². The van der Waals surface area contributed by atoms with Crippen LogP contribution in [-0.4, -0.2) is 62.2 Å². The van der Waals surface area contributed by atoms with Crippen LogP contribution in [-0.2, 0) is 14.9 Å². The molecular formula is C24H25N3O4. The van der Waals surface area contributed by atoms with Gasteiger partial charge >= 0.3 is 0 Å². The van der Waals surface area contributed by atoms with Crippen LogP contribution in [0.4, 0.5) is 5.69 Å². The van der Waals surface area contributed by atoms with Crippen molar-refractivity contribution in [1.29, 1.82) is 0 Å². The summed E-state index contributed by atoms with van der Waals surface area (Å²) >= 11 is 0. The molecule has 0 aliphatic carbocycles. The van der Waals surface area contributed by atoms with Crippen molar-refractivity contribution in [3.63, 3.8) is 0 Å². The molecule has 2 aliphatic heterocycles. The van der Waals surface area contributed by atoms with E-state index < -0.39 is 5.41 Å². The molecule has 7 nitrogen and oxygen atoms in total. The molecule has 0 bridgehead atoms. The molecule has 2 amide bonds. The standard InChI is InChI=1S/C24H25N3O4/c1-30-12-11-27-21-6-4-3-5-18(21)24(23(27)29)9-10-26(15-24)22(28)20-14-16-13-17(31-2)7-8-19(16)25-20/h3-8,13-14,25H,9-12,15H2,1-2H3. The number of carbonyl (C=O) groups is 2. The molecule has 1 fully saturated rings. The number of hydrogen-bond donors (Lipinski definition) is 1. The Balaban J connectivity index is 1.44. The smallest absolute Gasteiger partial charge is 0.270 e. The Bertz CT molecular complexity index is 1170. The topological polar surface area (TPSA) is 74.9 Å². The molecule has 1 unspecified atom stereocenters. The van der Waals surface area contributed by atoms with Crippen LogP contribution in [0.2, 0.25) is 0 Å². The lowest BCUT2D eigenvalue weighted by molar-refractivity contribution is -0.122. The fourth-order valence-corrected chi connectivity index (χ4v) is 4.90. The maximum absolute atomic E-state index is 13.5. The number of amides is 2. The average molecular weight is 419 g/mol. The van der Waals surface area contributed by atoms with Crippen LogP contribution in [0.5, 0.6) is 5.75 Å². The highest BCUT2D eigenvalue weighted by atomic mass is 16.5. The number of anilines is 1. The van der Waals surface area contributed by atoms with Gasteiger partial charge in [0.15, 0.2) is 0 Å². The predicted molar refractivity (Wildman–Crippen MR) is 118 cm³/mol. The Kier molecular flexibility index (Phi) is 4.70. The number of aromatic amines is 1. The van der Waals surface area contributed by atoms with E-state index in [1.54, 1.807) is 19.1 Å². The number of carbonyl (C=O) groups excluding carboxylic acids is 2. The molecule has 2 aromatic carbocycles. The van der Waals surface area contributed by atoms with E-state index in [0.29, 0.717) is 38.4 Å². The maximum atomic E-state index is 13.5. The van der Waals surface area contributed by atoms with E-state index in [1.807, 2.05) is 53.4 Å². The first-order valence-electron chi connectivity index (χ1n) is 10.4. The number of aromatic nitrogens is 1. The SMILES string of the molecule is COCCN1C(=O)C2(CCN(C(=O)c3cc4cc(OC)ccc4[nH]3)C2)c2ccccc21. The van der Waals surface area contributed by atoms with Gasteiger partial charge < -0.3 is 24.3 Å². The number of fused-ring (bicyclic) bond motifs is 3. The molecule has 1 aromatic heterocycles. The van der Waals surface area contributed by atoms with E-state index >= 15 is 0 Å². The molecule has 1 saturated heterocycles. The lowest BCUT2D eigenvalue weighted by Gasteiger charge is -2.24. The lowest BCUT2D eigenvalue weighted by Crippen LogP contribution is -2.44. The number of rotatable bonds is 5. The largest absolute Gasteiger partial charge is 0.497 e. The van der Waals surface area contributed by atoms with E-state index in [4.69, 9.17) is 9.47 Å². The van der Waals surface area contributed by atoms with E-state index in [9.17, 15) is 9.59 Å². The fourth-order valence-electron chi connectivity index (χ4n) is 4.90. The summed E-state index contributed by atoms with van der Waals surface area (Å²) in [6.45, 7) is 1.89. The quantitative estimate of drug-likeness (QED) is 0.690. The van der Waals surface area contributed by atoms with Gasteiger partial charge in [-0.15, -0.1) is 0 Å². The number of likely N-dealkylation sites (tertiary alicyclic amines) is 1. The van der Waals surface area contributed by atoms with Crippen LogP contribution in [0.25, 0.3) is 10.9 Å². The van der Waals surface area contributed by atoms with Gasteiger partial charge in [0.2, 0.25) is 5.91 Å². The van der Waals surface area contributed by atoms with Gasteiger partial charge in [0.05, 0.1) is 19.1 Å². The van der Waals surface area contributed by atoms with Crippen molar-refractivity contribution >= 4 is 28.4 Å². The van der Waals surface area contributed by atoms with Crippen molar-refractivity contribution in [2.45, 2.75) is 11.8 Å². The minimum atomic E-state index is -0.685. The molecule has 2 aliphatic rings. The minimum absolute atomic E-state index is 0.0578. The Morgan fingerprint density at radius 3 is 2.81 bits per heavy atom. The van der Waals surface area contributed by atoms with Gasteiger partial charge in [-0.2, -0.15) is 0 Å².